The van der Waals surface area contributed by atoms with Crippen LogP contribution < -0.4 is 15.0 Å². The van der Waals surface area contributed by atoms with Gasteiger partial charge in [-0.3, -0.25) is 14.3 Å². The summed E-state index contributed by atoms with van der Waals surface area (Å²) in [4.78, 5) is 20.8. The lowest BCUT2D eigenvalue weighted by atomic mass is 10.1. The summed E-state index contributed by atoms with van der Waals surface area (Å²) in [5, 5.41) is 0.582. The van der Waals surface area contributed by atoms with Crippen LogP contribution in [-0.4, -0.2) is 40.8 Å². The van der Waals surface area contributed by atoms with Crippen LogP contribution in [0.5, 0.6) is 11.5 Å². The number of hydrogen-bond donors (Lipinski definition) is 0. The van der Waals surface area contributed by atoms with E-state index in [1.807, 2.05) is 10.6 Å². The van der Waals surface area contributed by atoms with Gasteiger partial charge in [0.15, 0.2) is 11.5 Å². The highest BCUT2D eigenvalue weighted by Crippen LogP contribution is 2.34. The monoisotopic (exact) mass is 391 g/mol. The third kappa shape index (κ3) is 3.08. The van der Waals surface area contributed by atoms with Gasteiger partial charge in [0.05, 0.1) is 25.1 Å². The molecule has 0 amide bonds. The van der Waals surface area contributed by atoms with Gasteiger partial charge < -0.3 is 9.47 Å². The van der Waals surface area contributed by atoms with E-state index in [2.05, 4.69) is 29.2 Å². The van der Waals surface area contributed by atoms with Gasteiger partial charge in [-0.25, -0.2) is 4.98 Å². The van der Waals surface area contributed by atoms with Gasteiger partial charge in [-0.2, -0.15) is 0 Å². The third-order valence-corrected chi connectivity index (χ3v) is 6.33. The van der Waals surface area contributed by atoms with Crippen LogP contribution in [0, 0.1) is 0 Å². The van der Waals surface area contributed by atoms with Crippen molar-refractivity contribution in [2.45, 2.75) is 44.4 Å². The molecule has 0 unspecified atom stereocenters. The normalized spacial score (nSPS) is 21.0. The molecule has 1 aromatic heterocycles. The van der Waals surface area contributed by atoms with Crippen LogP contribution in [0.2, 0.25) is 0 Å². The lowest BCUT2D eigenvalue weighted by Gasteiger charge is -2.27. The highest BCUT2D eigenvalue weighted by Gasteiger charge is 2.37. The minimum Gasteiger partial charge on any atom is -0.493 e. The van der Waals surface area contributed by atoms with Crippen LogP contribution in [0.15, 0.2) is 47.3 Å². The molecule has 2 aliphatic rings. The van der Waals surface area contributed by atoms with Crippen molar-refractivity contribution >= 4 is 10.9 Å². The van der Waals surface area contributed by atoms with Gasteiger partial charge in [0.1, 0.15) is 5.82 Å². The molecule has 6 heteroatoms. The Labute approximate surface area is 169 Å². The van der Waals surface area contributed by atoms with Crippen molar-refractivity contribution < 1.29 is 9.47 Å². The molecule has 1 saturated heterocycles. The molecule has 0 aliphatic carbocycles. The van der Waals surface area contributed by atoms with Crippen LogP contribution in [0.4, 0.5) is 0 Å². The number of nitrogens with zero attached hydrogens (tertiary/aromatic N) is 3. The van der Waals surface area contributed by atoms with Gasteiger partial charge in [0.25, 0.3) is 5.56 Å². The molecule has 3 aromatic rings. The minimum atomic E-state index is 0.0122. The zero-order valence-electron chi connectivity index (χ0n) is 16.8. The van der Waals surface area contributed by atoms with Crippen LogP contribution in [0.25, 0.3) is 10.9 Å². The first-order valence-corrected chi connectivity index (χ1v) is 10.1. The molecule has 6 nitrogen and oxygen atoms in total. The van der Waals surface area contributed by atoms with Gasteiger partial charge in [0, 0.05) is 37.7 Å². The predicted octanol–water partition coefficient (Wildman–Crippen LogP) is 3.00. The maximum atomic E-state index is 13.3. The molecule has 3 heterocycles. The molecular weight excluding hydrogens is 366 g/mol. The Morgan fingerprint density at radius 3 is 2.52 bits per heavy atom. The van der Waals surface area contributed by atoms with Crippen molar-refractivity contribution in [1.29, 1.82) is 0 Å². The Balaban J connectivity index is 1.56. The fraction of sp³-hybridized carbons (Fsp3) is 0.391. The highest BCUT2D eigenvalue weighted by atomic mass is 16.5. The number of methoxy groups -OCH3 is 2. The van der Waals surface area contributed by atoms with E-state index in [1.165, 1.54) is 5.56 Å². The first-order chi connectivity index (χ1) is 14.2. The van der Waals surface area contributed by atoms with E-state index in [9.17, 15) is 4.79 Å². The standard InChI is InChI=1S/C23H25N3O3/c1-28-20-11-18-19(12-21(20)29-2)24-22-10-16-8-9-17(14-26(22)23(18)27)25(16)13-15-6-4-3-5-7-15/h3-7,11-12,16-17H,8-10,13-14H2,1-2H3/t16-,17+/m1/s1. The SMILES string of the molecule is COc1cc2nc3n(c(=O)c2cc1OC)C[C@@H]1CC[C@H](C3)N1Cc1ccccc1. The minimum absolute atomic E-state index is 0.0122. The Morgan fingerprint density at radius 1 is 1.03 bits per heavy atom. The van der Waals surface area contributed by atoms with E-state index in [-0.39, 0.29) is 5.56 Å². The quantitative estimate of drug-likeness (QED) is 0.684. The van der Waals surface area contributed by atoms with Gasteiger partial charge in [0.2, 0.25) is 0 Å². The molecule has 2 atom stereocenters. The fourth-order valence-electron chi connectivity index (χ4n) is 4.84. The highest BCUT2D eigenvalue weighted by molar-refractivity contribution is 5.82. The van der Waals surface area contributed by atoms with E-state index in [0.29, 0.717) is 41.0 Å². The predicted molar refractivity (Wildman–Crippen MR) is 112 cm³/mol. The second-order valence-corrected chi connectivity index (χ2v) is 7.92. The third-order valence-electron chi connectivity index (χ3n) is 6.33. The van der Waals surface area contributed by atoms with E-state index >= 15 is 0 Å². The van der Waals surface area contributed by atoms with Crippen LogP contribution in [0.1, 0.15) is 24.2 Å². The second kappa shape index (κ2) is 7.19. The zero-order chi connectivity index (χ0) is 20.0. The molecular formula is C23H25N3O3. The molecule has 0 saturated carbocycles. The molecule has 2 bridgehead atoms. The second-order valence-electron chi connectivity index (χ2n) is 7.92. The fourth-order valence-corrected chi connectivity index (χ4v) is 4.84. The number of benzene rings is 2. The summed E-state index contributed by atoms with van der Waals surface area (Å²) in [5.41, 5.74) is 2.00. The van der Waals surface area contributed by atoms with Gasteiger partial charge in [-0.05, 0) is 24.5 Å². The van der Waals surface area contributed by atoms with Crippen molar-refractivity contribution in [2.75, 3.05) is 14.2 Å². The van der Waals surface area contributed by atoms with Gasteiger partial charge in [-0.15, -0.1) is 0 Å². The van der Waals surface area contributed by atoms with Crippen LogP contribution >= 0.6 is 0 Å². The largest absolute Gasteiger partial charge is 0.493 e. The Morgan fingerprint density at radius 2 is 1.76 bits per heavy atom. The summed E-state index contributed by atoms with van der Waals surface area (Å²) in [6.07, 6.45) is 3.06. The molecule has 29 heavy (non-hydrogen) atoms. The molecule has 0 radical (unpaired) electrons. The average Bonchev–Trinajstić information content (AvgIpc) is 3.03. The Bertz CT molecular complexity index is 1110. The molecule has 2 aliphatic heterocycles. The number of fused-ring (bicyclic) bond motifs is 4. The average molecular weight is 391 g/mol. The molecule has 1 fully saturated rings. The summed E-state index contributed by atoms with van der Waals surface area (Å²) < 4.78 is 12.7. The van der Waals surface area contributed by atoms with Crippen LogP contribution in [-0.2, 0) is 19.5 Å². The van der Waals surface area contributed by atoms with Crippen molar-refractivity contribution in [2.24, 2.45) is 0 Å². The Kier molecular flexibility index (Phi) is 4.51. The molecule has 0 N–H and O–H groups in total. The number of ether oxygens (including phenoxy) is 2. The molecule has 5 rings (SSSR count). The molecule has 2 aromatic carbocycles. The summed E-state index contributed by atoms with van der Waals surface area (Å²) in [6, 6.07) is 14.9. The van der Waals surface area contributed by atoms with Crippen LogP contribution in [0.3, 0.4) is 0 Å². The first kappa shape index (κ1) is 18.2. The Hall–Kier alpha value is -2.86. The van der Waals surface area contributed by atoms with E-state index in [4.69, 9.17) is 14.5 Å². The summed E-state index contributed by atoms with van der Waals surface area (Å²) in [5.74, 6) is 2.03. The van der Waals surface area contributed by atoms with E-state index in [0.717, 1.165) is 31.6 Å². The van der Waals surface area contributed by atoms with E-state index in [1.54, 1.807) is 26.4 Å². The lowest BCUT2D eigenvalue weighted by Crippen LogP contribution is -2.37. The molecule has 150 valence electrons. The summed E-state index contributed by atoms with van der Waals surface area (Å²) in [6.45, 7) is 1.61. The number of aromatic nitrogens is 2. The first-order valence-electron chi connectivity index (χ1n) is 10.1. The van der Waals surface area contributed by atoms with Crippen molar-refractivity contribution in [3.05, 3.63) is 64.2 Å². The maximum Gasteiger partial charge on any atom is 0.261 e. The number of rotatable bonds is 4. The van der Waals surface area contributed by atoms with Crippen molar-refractivity contribution in [3.8, 4) is 11.5 Å². The lowest BCUT2D eigenvalue weighted by molar-refractivity contribution is 0.180. The summed E-state index contributed by atoms with van der Waals surface area (Å²) in [7, 11) is 3.18. The van der Waals surface area contributed by atoms with E-state index < -0.39 is 0 Å². The van der Waals surface area contributed by atoms with Gasteiger partial charge >= 0.3 is 0 Å². The smallest absolute Gasteiger partial charge is 0.261 e. The molecule has 0 spiro atoms. The zero-order valence-corrected chi connectivity index (χ0v) is 16.8. The number of hydrogen-bond acceptors (Lipinski definition) is 5. The van der Waals surface area contributed by atoms with Gasteiger partial charge in [-0.1, -0.05) is 30.3 Å². The summed E-state index contributed by atoms with van der Waals surface area (Å²) >= 11 is 0. The van der Waals surface area contributed by atoms with Crippen molar-refractivity contribution in [1.82, 2.24) is 14.5 Å². The van der Waals surface area contributed by atoms with Crippen molar-refractivity contribution in [3.63, 3.8) is 0 Å². The maximum absolute atomic E-state index is 13.3. The topological polar surface area (TPSA) is 56.6 Å².